The summed E-state index contributed by atoms with van der Waals surface area (Å²) in [5.41, 5.74) is 1.07. The standard InChI is InChI=1S/C27H41N3O4/c1-18-14-30(19(2)17-31)27(33)23-13-22(28-26(32)21-7-5-4-6-8-21)11-12-24(23)34-25(18)16-29(3)15-20-9-10-20/h11-13,18-21,25,31H,4-10,14-17H2,1-3H3,(H,28,32)/t18-,19-,25-/m1/s1. The summed E-state index contributed by atoms with van der Waals surface area (Å²) in [6, 6.07) is 5.10. The van der Waals surface area contributed by atoms with Gasteiger partial charge in [0.05, 0.1) is 18.2 Å². The predicted molar refractivity (Wildman–Crippen MR) is 133 cm³/mol. The summed E-state index contributed by atoms with van der Waals surface area (Å²) in [4.78, 5) is 30.5. The number of likely N-dealkylation sites (N-methyl/N-ethyl adjacent to an activating group) is 1. The highest BCUT2D eigenvalue weighted by Gasteiger charge is 2.34. The van der Waals surface area contributed by atoms with Gasteiger partial charge in [0.1, 0.15) is 11.9 Å². The van der Waals surface area contributed by atoms with Crippen LogP contribution in [0, 0.1) is 17.8 Å². The minimum absolute atomic E-state index is 0.0349. The quantitative estimate of drug-likeness (QED) is 0.603. The molecule has 0 bridgehead atoms. The Morgan fingerprint density at radius 1 is 1.21 bits per heavy atom. The average Bonchev–Trinajstić information content (AvgIpc) is 3.65. The third kappa shape index (κ3) is 6.11. The van der Waals surface area contributed by atoms with Crippen molar-refractivity contribution in [3.63, 3.8) is 0 Å². The minimum Gasteiger partial charge on any atom is -0.488 e. The maximum Gasteiger partial charge on any atom is 0.258 e. The third-order valence-electron chi connectivity index (χ3n) is 7.67. The number of amides is 2. The Hall–Kier alpha value is -2.12. The largest absolute Gasteiger partial charge is 0.488 e. The first-order valence-electron chi connectivity index (χ1n) is 13.1. The second kappa shape index (κ2) is 11.1. The van der Waals surface area contributed by atoms with Crippen molar-refractivity contribution >= 4 is 17.5 Å². The number of rotatable bonds is 8. The maximum absolute atomic E-state index is 13.6. The van der Waals surface area contributed by atoms with Gasteiger partial charge >= 0.3 is 0 Å². The monoisotopic (exact) mass is 471 g/mol. The van der Waals surface area contributed by atoms with Crippen LogP contribution in [-0.2, 0) is 4.79 Å². The van der Waals surface area contributed by atoms with Crippen molar-refractivity contribution < 1.29 is 19.4 Å². The molecule has 188 valence electrons. The molecule has 2 fully saturated rings. The van der Waals surface area contributed by atoms with Crippen molar-refractivity contribution in [3.8, 4) is 5.75 Å². The molecule has 34 heavy (non-hydrogen) atoms. The smallest absolute Gasteiger partial charge is 0.258 e. The van der Waals surface area contributed by atoms with Gasteiger partial charge in [0.25, 0.3) is 5.91 Å². The van der Waals surface area contributed by atoms with Crippen LogP contribution in [0.1, 0.15) is 69.2 Å². The molecule has 2 amide bonds. The van der Waals surface area contributed by atoms with Crippen molar-refractivity contribution in [1.29, 1.82) is 0 Å². The molecule has 3 aliphatic rings. The molecule has 0 radical (unpaired) electrons. The molecule has 0 aromatic heterocycles. The van der Waals surface area contributed by atoms with E-state index in [0.717, 1.165) is 44.7 Å². The first kappa shape index (κ1) is 25.0. The van der Waals surface area contributed by atoms with E-state index in [1.165, 1.54) is 19.3 Å². The summed E-state index contributed by atoms with van der Waals surface area (Å²) in [7, 11) is 2.14. The molecule has 2 aliphatic carbocycles. The molecule has 2 saturated carbocycles. The Morgan fingerprint density at radius 3 is 2.62 bits per heavy atom. The lowest BCUT2D eigenvalue weighted by atomic mass is 9.88. The number of ether oxygens (including phenoxy) is 1. The van der Waals surface area contributed by atoms with Crippen molar-refractivity contribution in [2.24, 2.45) is 17.8 Å². The highest BCUT2D eigenvalue weighted by atomic mass is 16.5. The van der Waals surface area contributed by atoms with Crippen molar-refractivity contribution in [2.45, 2.75) is 70.9 Å². The van der Waals surface area contributed by atoms with Gasteiger partial charge in [-0.3, -0.25) is 9.59 Å². The molecule has 0 unspecified atom stereocenters. The lowest BCUT2D eigenvalue weighted by Crippen LogP contribution is -2.50. The van der Waals surface area contributed by atoms with Crippen LogP contribution in [0.5, 0.6) is 5.75 Å². The molecule has 1 aromatic carbocycles. The summed E-state index contributed by atoms with van der Waals surface area (Å²) in [5, 5.41) is 12.9. The van der Waals surface area contributed by atoms with Crippen LogP contribution in [-0.4, -0.2) is 72.2 Å². The van der Waals surface area contributed by atoms with Gasteiger partial charge in [0.2, 0.25) is 5.91 Å². The maximum atomic E-state index is 13.6. The van der Waals surface area contributed by atoms with Gasteiger partial charge in [-0.25, -0.2) is 0 Å². The molecular formula is C27H41N3O4. The van der Waals surface area contributed by atoms with E-state index < -0.39 is 0 Å². The number of aliphatic hydroxyl groups is 1. The fraction of sp³-hybridized carbons (Fsp3) is 0.704. The lowest BCUT2D eigenvalue weighted by molar-refractivity contribution is -0.120. The van der Waals surface area contributed by atoms with Crippen LogP contribution >= 0.6 is 0 Å². The van der Waals surface area contributed by atoms with E-state index >= 15 is 0 Å². The summed E-state index contributed by atoms with van der Waals surface area (Å²) < 4.78 is 6.47. The topological polar surface area (TPSA) is 82.1 Å². The van der Waals surface area contributed by atoms with Crippen LogP contribution in [0.15, 0.2) is 18.2 Å². The van der Waals surface area contributed by atoms with Gasteiger partial charge in [-0.15, -0.1) is 0 Å². The first-order valence-corrected chi connectivity index (χ1v) is 13.1. The fourth-order valence-electron chi connectivity index (χ4n) is 5.25. The van der Waals surface area contributed by atoms with E-state index in [1.807, 2.05) is 19.1 Å². The molecule has 3 atom stereocenters. The molecular weight excluding hydrogens is 430 g/mol. The summed E-state index contributed by atoms with van der Waals surface area (Å²) in [6.45, 7) is 6.26. The first-order chi connectivity index (χ1) is 16.4. The van der Waals surface area contributed by atoms with Crippen LogP contribution in [0.3, 0.4) is 0 Å². The van der Waals surface area contributed by atoms with Crippen LogP contribution in [0.25, 0.3) is 0 Å². The number of aliphatic hydroxyl groups excluding tert-OH is 1. The number of anilines is 1. The number of benzene rings is 1. The Morgan fingerprint density at radius 2 is 1.94 bits per heavy atom. The molecule has 2 N–H and O–H groups in total. The normalized spacial score (nSPS) is 24.7. The van der Waals surface area contributed by atoms with Crippen LogP contribution in [0.2, 0.25) is 0 Å². The lowest BCUT2D eigenvalue weighted by Gasteiger charge is -2.38. The summed E-state index contributed by atoms with van der Waals surface area (Å²) >= 11 is 0. The van der Waals surface area contributed by atoms with E-state index in [1.54, 1.807) is 11.0 Å². The van der Waals surface area contributed by atoms with E-state index in [2.05, 4.69) is 24.2 Å². The van der Waals surface area contributed by atoms with Crippen molar-refractivity contribution in [1.82, 2.24) is 9.80 Å². The Bertz CT molecular complexity index is 865. The van der Waals surface area contributed by atoms with Gasteiger partial charge in [-0.2, -0.15) is 0 Å². The molecule has 1 aromatic rings. The molecule has 7 nitrogen and oxygen atoms in total. The zero-order chi connectivity index (χ0) is 24.2. The van der Waals surface area contributed by atoms with Crippen LogP contribution in [0.4, 0.5) is 5.69 Å². The number of hydrogen-bond donors (Lipinski definition) is 2. The molecule has 1 aliphatic heterocycles. The van der Waals surface area contributed by atoms with Gasteiger partial charge in [0, 0.05) is 37.2 Å². The van der Waals surface area contributed by atoms with E-state index in [0.29, 0.717) is 23.5 Å². The Kier molecular flexibility index (Phi) is 8.14. The molecule has 1 heterocycles. The molecule has 0 saturated heterocycles. The number of fused-ring (bicyclic) bond motifs is 1. The minimum atomic E-state index is -0.300. The van der Waals surface area contributed by atoms with Crippen molar-refractivity contribution in [2.75, 3.05) is 38.6 Å². The van der Waals surface area contributed by atoms with Gasteiger partial charge < -0.3 is 25.0 Å². The van der Waals surface area contributed by atoms with Gasteiger partial charge in [-0.05, 0) is 63.8 Å². The highest BCUT2D eigenvalue weighted by molar-refractivity contribution is 6.00. The van der Waals surface area contributed by atoms with Gasteiger partial charge in [-0.1, -0.05) is 26.2 Å². The summed E-state index contributed by atoms with van der Waals surface area (Å²) in [5.74, 6) is 1.37. The fourth-order valence-corrected chi connectivity index (χ4v) is 5.25. The van der Waals surface area contributed by atoms with Gasteiger partial charge in [0.15, 0.2) is 0 Å². The molecule has 4 rings (SSSR count). The molecule has 7 heteroatoms. The summed E-state index contributed by atoms with van der Waals surface area (Å²) in [6.07, 6.45) is 7.77. The third-order valence-corrected chi connectivity index (χ3v) is 7.67. The number of hydrogen-bond acceptors (Lipinski definition) is 5. The van der Waals surface area contributed by atoms with E-state index in [-0.39, 0.29) is 42.4 Å². The zero-order valence-corrected chi connectivity index (χ0v) is 21.0. The SMILES string of the molecule is C[C@@H]1CN([C@H](C)CO)C(=O)c2cc(NC(=O)C3CCCCC3)ccc2O[C@@H]1CN(C)CC1CC1. The number of nitrogens with one attached hydrogen (secondary N) is 1. The Labute approximate surface area is 203 Å². The molecule has 0 spiro atoms. The second-order valence-corrected chi connectivity index (χ2v) is 10.8. The Balaban J connectivity index is 1.57. The van der Waals surface area contributed by atoms with E-state index in [9.17, 15) is 14.7 Å². The predicted octanol–water partition coefficient (Wildman–Crippen LogP) is 3.77. The highest BCUT2D eigenvalue weighted by Crippen LogP contribution is 2.33. The average molecular weight is 472 g/mol. The zero-order valence-electron chi connectivity index (χ0n) is 21.0. The number of carbonyl (C=O) groups excluding carboxylic acids is 2. The van der Waals surface area contributed by atoms with Crippen LogP contribution < -0.4 is 10.1 Å². The number of carbonyl (C=O) groups is 2. The van der Waals surface area contributed by atoms with E-state index in [4.69, 9.17) is 4.74 Å². The second-order valence-electron chi connectivity index (χ2n) is 10.8. The van der Waals surface area contributed by atoms with Crippen molar-refractivity contribution in [3.05, 3.63) is 23.8 Å². The number of nitrogens with zero attached hydrogens (tertiary/aromatic N) is 2.